The third kappa shape index (κ3) is 2.41. The van der Waals surface area contributed by atoms with E-state index in [2.05, 4.69) is 0 Å². The van der Waals surface area contributed by atoms with Gasteiger partial charge < -0.3 is 9.30 Å². The first-order valence-electron chi connectivity index (χ1n) is 7.59. The number of aromatic nitrogens is 1. The number of methoxy groups -OCH3 is 1. The predicted molar refractivity (Wildman–Crippen MR) is 85.7 cm³/mol. The number of fused-ring (bicyclic) bond motifs is 3. The van der Waals surface area contributed by atoms with Crippen molar-refractivity contribution < 1.29 is 26.9 Å². The maximum atomic E-state index is 12.7. The van der Waals surface area contributed by atoms with Crippen LogP contribution in [-0.2, 0) is 25.6 Å². The van der Waals surface area contributed by atoms with Crippen LogP contribution in [0.5, 0.6) is 0 Å². The average Bonchev–Trinajstić information content (AvgIpc) is 3.02. The zero-order chi connectivity index (χ0) is 17.8. The molecule has 0 saturated carbocycles. The fourth-order valence-electron chi connectivity index (χ4n) is 3.64. The van der Waals surface area contributed by atoms with Crippen molar-refractivity contribution in [2.24, 2.45) is 0 Å². The average molecular weight is 353 g/mol. The van der Waals surface area contributed by atoms with E-state index in [1.54, 1.807) is 13.8 Å². The van der Waals surface area contributed by atoms with Gasteiger partial charge in [0.2, 0.25) is 11.6 Å². The Morgan fingerprint density at radius 2 is 1.88 bits per heavy atom. The zero-order valence-electron chi connectivity index (χ0n) is 14.0. The van der Waals surface area contributed by atoms with Crippen LogP contribution in [0.4, 0.5) is 0 Å². The number of allylic oxidation sites excluding steroid dienone is 2. The van der Waals surface area contributed by atoms with Gasteiger partial charge in [-0.2, -0.15) is 8.42 Å². The van der Waals surface area contributed by atoms with Crippen LogP contribution in [0, 0.1) is 6.92 Å². The number of ether oxygens (including phenoxy) is 1. The minimum Gasteiger partial charge on any atom is -0.492 e. The van der Waals surface area contributed by atoms with Crippen molar-refractivity contribution in [3.63, 3.8) is 0 Å². The van der Waals surface area contributed by atoms with Crippen LogP contribution < -0.4 is 0 Å². The molecule has 0 N–H and O–H groups in total. The smallest absolute Gasteiger partial charge is 0.264 e. The summed E-state index contributed by atoms with van der Waals surface area (Å²) in [5.74, 6) is -0.617. The molecule has 1 atom stereocenters. The fourth-order valence-corrected chi connectivity index (χ4v) is 4.05. The molecule has 1 unspecified atom stereocenters. The number of Topliss-reactive ketones (excluding diaryl/α,β-unsaturated/α-hetero) is 2. The Kier molecular flexibility index (Phi) is 3.92. The molecule has 1 aromatic heterocycles. The summed E-state index contributed by atoms with van der Waals surface area (Å²) in [7, 11) is -2.17. The minimum absolute atomic E-state index is 0.00843. The van der Waals surface area contributed by atoms with Gasteiger partial charge in [0.15, 0.2) is 5.76 Å². The summed E-state index contributed by atoms with van der Waals surface area (Å²) in [5, 5.41) is 0. The van der Waals surface area contributed by atoms with Gasteiger partial charge in [-0.15, -0.1) is 0 Å². The first kappa shape index (κ1) is 16.9. The quantitative estimate of drug-likeness (QED) is 0.763. The Balaban J connectivity index is 2.08. The summed E-state index contributed by atoms with van der Waals surface area (Å²) in [6, 6.07) is 0. The molecule has 0 radical (unpaired) electrons. The van der Waals surface area contributed by atoms with Crippen LogP contribution in [0.1, 0.15) is 51.4 Å². The second-order valence-corrected chi connectivity index (χ2v) is 7.82. The molecule has 2 heterocycles. The highest BCUT2D eigenvalue weighted by Gasteiger charge is 2.41. The van der Waals surface area contributed by atoms with E-state index in [0.29, 0.717) is 35.4 Å². The van der Waals surface area contributed by atoms with Crippen LogP contribution >= 0.6 is 0 Å². The van der Waals surface area contributed by atoms with Gasteiger partial charge in [-0.25, -0.2) is 0 Å². The lowest BCUT2D eigenvalue weighted by atomic mass is 9.90. The summed E-state index contributed by atoms with van der Waals surface area (Å²) in [4.78, 5) is 25.4. The molecule has 0 aromatic carbocycles. The number of hydrogen-bond donors (Lipinski definition) is 0. The molecule has 2 aliphatic rings. The molecule has 3 rings (SSSR count). The van der Waals surface area contributed by atoms with Gasteiger partial charge in [0.1, 0.15) is 5.69 Å². The molecule has 0 saturated heterocycles. The number of carbonyl (C=O) groups excluding carboxylic acids is 2. The van der Waals surface area contributed by atoms with E-state index in [0.717, 1.165) is 11.9 Å². The monoisotopic (exact) mass is 353 g/mol. The van der Waals surface area contributed by atoms with Crippen molar-refractivity contribution in [3.8, 4) is 0 Å². The third-order valence-electron chi connectivity index (χ3n) is 4.66. The van der Waals surface area contributed by atoms with Gasteiger partial charge in [-0.1, -0.05) is 0 Å². The molecule has 1 aliphatic carbocycles. The van der Waals surface area contributed by atoms with Gasteiger partial charge in [-0.3, -0.25) is 13.8 Å². The van der Waals surface area contributed by atoms with Gasteiger partial charge in [-0.05, 0) is 25.8 Å². The highest BCUT2D eigenvalue weighted by atomic mass is 32.2. The highest BCUT2D eigenvalue weighted by Crippen LogP contribution is 2.40. The SMILES string of the molecule is COC1=C(C)C(=O)c2c(c(C)c3n2CCC3COS(C)(=O)=O)C1=O. The van der Waals surface area contributed by atoms with Crippen LogP contribution in [0.15, 0.2) is 11.3 Å². The standard InChI is InChI=1S/C16H19NO6S/c1-8-11-13(14(18)9(2)16(22-3)15(11)19)17-6-5-10(12(8)17)7-23-24(4,20)21/h10H,5-7H2,1-4H3. The first-order chi connectivity index (χ1) is 11.2. The predicted octanol–water partition coefficient (Wildman–Crippen LogP) is 1.56. The molecule has 0 amide bonds. The Morgan fingerprint density at radius 3 is 2.46 bits per heavy atom. The summed E-state index contributed by atoms with van der Waals surface area (Å²) in [6.45, 7) is 3.92. The Bertz CT molecular complexity index is 890. The first-order valence-corrected chi connectivity index (χ1v) is 9.40. The van der Waals surface area contributed by atoms with Gasteiger partial charge in [0.05, 0.1) is 25.5 Å². The zero-order valence-corrected chi connectivity index (χ0v) is 14.8. The summed E-state index contributed by atoms with van der Waals surface area (Å²) >= 11 is 0. The van der Waals surface area contributed by atoms with Crippen molar-refractivity contribution in [3.05, 3.63) is 33.8 Å². The van der Waals surface area contributed by atoms with Crippen molar-refractivity contribution in [1.82, 2.24) is 4.57 Å². The molecule has 0 fully saturated rings. The molecule has 0 spiro atoms. The van der Waals surface area contributed by atoms with E-state index in [1.807, 2.05) is 4.57 Å². The summed E-state index contributed by atoms with van der Waals surface area (Å²) in [6.07, 6.45) is 1.67. The van der Waals surface area contributed by atoms with E-state index >= 15 is 0 Å². The van der Waals surface area contributed by atoms with Crippen LogP contribution in [0.25, 0.3) is 0 Å². The van der Waals surface area contributed by atoms with Crippen LogP contribution in [-0.4, -0.2) is 44.5 Å². The fraction of sp³-hybridized carbons (Fsp3) is 0.500. The molecule has 24 heavy (non-hydrogen) atoms. The molecule has 130 valence electrons. The van der Waals surface area contributed by atoms with Gasteiger partial charge in [0.25, 0.3) is 10.1 Å². The molecular weight excluding hydrogens is 334 g/mol. The van der Waals surface area contributed by atoms with Gasteiger partial charge in [0, 0.05) is 23.7 Å². The van der Waals surface area contributed by atoms with Crippen molar-refractivity contribution >= 4 is 21.7 Å². The van der Waals surface area contributed by atoms with E-state index < -0.39 is 10.1 Å². The molecule has 1 aliphatic heterocycles. The maximum absolute atomic E-state index is 12.7. The lowest BCUT2D eigenvalue weighted by molar-refractivity contribution is 0.0902. The largest absolute Gasteiger partial charge is 0.492 e. The number of nitrogens with zero attached hydrogens (tertiary/aromatic N) is 1. The summed E-state index contributed by atoms with van der Waals surface area (Å²) < 4.78 is 34.4. The molecule has 7 nitrogen and oxygen atoms in total. The van der Waals surface area contributed by atoms with E-state index in [4.69, 9.17) is 8.92 Å². The number of carbonyl (C=O) groups is 2. The Hall–Kier alpha value is -1.93. The lowest BCUT2D eigenvalue weighted by Gasteiger charge is -2.17. The number of hydrogen-bond acceptors (Lipinski definition) is 6. The third-order valence-corrected chi connectivity index (χ3v) is 5.23. The molecular formula is C16H19NO6S. The van der Waals surface area contributed by atoms with Crippen molar-refractivity contribution in [1.29, 1.82) is 0 Å². The number of rotatable bonds is 4. The topological polar surface area (TPSA) is 91.7 Å². The molecule has 1 aromatic rings. The lowest BCUT2D eigenvalue weighted by Crippen LogP contribution is -2.23. The summed E-state index contributed by atoms with van der Waals surface area (Å²) in [5.41, 5.74) is 2.54. The highest BCUT2D eigenvalue weighted by molar-refractivity contribution is 7.85. The van der Waals surface area contributed by atoms with E-state index in [1.165, 1.54) is 7.11 Å². The van der Waals surface area contributed by atoms with Gasteiger partial charge >= 0.3 is 0 Å². The molecule has 8 heteroatoms. The number of ketones is 2. The van der Waals surface area contributed by atoms with E-state index in [9.17, 15) is 18.0 Å². The minimum atomic E-state index is -3.54. The normalized spacial score (nSPS) is 20.4. The molecule has 0 bridgehead atoms. The maximum Gasteiger partial charge on any atom is 0.264 e. The van der Waals surface area contributed by atoms with Crippen molar-refractivity contribution in [2.45, 2.75) is 32.7 Å². The Labute approximate surface area is 140 Å². The van der Waals surface area contributed by atoms with Crippen LogP contribution in [0.2, 0.25) is 0 Å². The van der Waals surface area contributed by atoms with Crippen LogP contribution in [0.3, 0.4) is 0 Å². The Morgan fingerprint density at radius 1 is 1.21 bits per heavy atom. The van der Waals surface area contributed by atoms with Crippen molar-refractivity contribution in [2.75, 3.05) is 20.0 Å². The second kappa shape index (κ2) is 5.56. The second-order valence-electron chi connectivity index (χ2n) is 6.18. The van der Waals surface area contributed by atoms with E-state index in [-0.39, 0.29) is 29.9 Å².